The molecule has 1 rings (SSSR count). The van der Waals surface area contributed by atoms with Crippen molar-refractivity contribution in [2.75, 3.05) is 0 Å². The van der Waals surface area contributed by atoms with Crippen LogP contribution in [0.2, 0.25) is 0 Å². The van der Waals surface area contributed by atoms with Gasteiger partial charge in [-0.2, -0.15) is 13.2 Å². The van der Waals surface area contributed by atoms with Crippen LogP contribution in [0.15, 0.2) is 22.9 Å². The molecule has 1 aliphatic heterocycles. The van der Waals surface area contributed by atoms with Crippen LogP contribution < -0.4 is 5.32 Å². The van der Waals surface area contributed by atoms with Gasteiger partial charge in [-0.05, 0) is 12.2 Å². The van der Waals surface area contributed by atoms with Crippen LogP contribution in [0.25, 0.3) is 0 Å². The minimum atomic E-state index is -4.39. The van der Waals surface area contributed by atoms with E-state index in [1.54, 1.807) is 0 Å². The number of dihydropyridines is 1. The Morgan fingerprint density at radius 2 is 2.00 bits per heavy atom. The van der Waals surface area contributed by atoms with Crippen molar-refractivity contribution in [2.24, 2.45) is 0 Å². The van der Waals surface area contributed by atoms with Crippen molar-refractivity contribution in [3.8, 4) is 0 Å². The number of alkyl halides is 4. The van der Waals surface area contributed by atoms with Crippen LogP contribution >= 0.6 is 23.2 Å². The Hall–Kier alpha value is -0.350. The summed E-state index contributed by atoms with van der Waals surface area (Å²) in [5.74, 6) is 0. The quantitative estimate of drug-likeness (QED) is 0.486. The molecule has 6 heteroatoms. The summed E-state index contributed by atoms with van der Waals surface area (Å²) in [6.45, 7) is 0. The van der Waals surface area contributed by atoms with Gasteiger partial charge in [0.05, 0.1) is 5.57 Å². The molecular formula is C6H4Cl2F3N. The average molecular weight is 218 g/mol. The van der Waals surface area contributed by atoms with Gasteiger partial charge in [0.25, 0.3) is 0 Å². The van der Waals surface area contributed by atoms with Crippen LogP contribution in [0.5, 0.6) is 0 Å². The maximum atomic E-state index is 12.0. The summed E-state index contributed by atoms with van der Waals surface area (Å²) < 4.78 is 36.1. The Bertz CT molecular complexity index is 244. The molecule has 0 saturated heterocycles. The average Bonchev–Trinajstić information content (AvgIpc) is 1.82. The zero-order valence-corrected chi connectivity index (χ0v) is 7.13. The lowest BCUT2D eigenvalue weighted by atomic mass is 10.2. The van der Waals surface area contributed by atoms with Crippen molar-refractivity contribution < 1.29 is 13.2 Å². The number of allylic oxidation sites excluding steroid dienone is 2. The summed E-state index contributed by atoms with van der Waals surface area (Å²) in [7, 11) is 0. The maximum Gasteiger partial charge on any atom is 0.416 e. The summed E-state index contributed by atoms with van der Waals surface area (Å²) in [6, 6.07) is 0. The normalized spacial score (nSPS) is 24.2. The topological polar surface area (TPSA) is 12.0 Å². The molecule has 1 nitrogen and oxygen atoms in total. The smallest absolute Gasteiger partial charge is 0.357 e. The summed E-state index contributed by atoms with van der Waals surface area (Å²) in [5, 5.41) is 2.29. The lowest BCUT2D eigenvalue weighted by molar-refractivity contribution is -0.0887. The monoisotopic (exact) mass is 217 g/mol. The van der Waals surface area contributed by atoms with Crippen LogP contribution in [0.1, 0.15) is 0 Å². The molecule has 12 heavy (non-hydrogen) atoms. The van der Waals surface area contributed by atoms with Gasteiger partial charge in [0.15, 0.2) is 0 Å². The molecule has 0 aromatic carbocycles. The van der Waals surface area contributed by atoms with Crippen molar-refractivity contribution in [2.45, 2.75) is 11.7 Å². The Balaban J connectivity index is 2.91. The van der Waals surface area contributed by atoms with E-state index in [0.29, 0.717) is 0 Å². The van der Waals surface area contributed by atoms with Crippen LogP contribution in [0.3, 0.4) is 0 Å². The second kappa shape index (κ2) is 3.18. The van der Waals surface area contributed by atoms with Gasteiger partial charge in [-0.1, -0.05) is 23.2 Å². The van der Waals surface area contributed by atoms with Crippen LogP contribution in [0.4, 0.5) is 13.2 Å². The second-order valence-electron chi connectivity index (χ2n) is 2.16. The third-order valence-corrected chi connectivity index (χ3v) is 1.66. The van der Waals surface area contributed by atoms with Crippen LogP contribution in [-0.4, -0.2) is 11.7 Å². The Morgan fingerprint density at radius 3 is 2.42 bits per heavy atom. The predicted octanol–water partition coefficient (Wildman–Crippen LogP) is 2.72. The zero-order valence-electron chi connectivity index (χ0n) is 5.62. The summed E-state index contributed by atoms with van der Waals surface area (Å²) in [5.41, 5.74) is -1.73. The molecule has 0 aliphatic carbocycles. The summed E-state index contributed by atoms with van der Waals surface area (Å²) in [6.07, 6.45) is -2.75. The van der Waals surface area contributed by atoms with Gasteiger partial charge in [-0.3, -0.25) is 0 Å². The highest BCUT2D eigenvalue weighted by atomic mass is 35.5. The van der Waals surface area contributed by atoms with E-state index in [0.717, 1.165) is 12.2 Å². The second-order valence-corrected chi connectivity index (χ2v) is 3.04. The SMILES string of the molecule is FC(F)(F)C1=CC(Cl)NC(Cl)=C1. The highest BCUT2D eigenvalue weighted by Gasteiger charge is 2.34. The van der Waals surface area contributed by atoms with E-state index in [4.69, 9.17) is 23.2 Å². The van der Waals surface area contributed by atoms with Crippen molar-refractivity contribution in [3.63, 3.8) is 0 Å². The molecule has 1 atom stereocenters. The first-order chi connectivity index (χ1) is 5.39. The van der Waals surface area contributed by atoms with Crippen molar-refractivity contribution in [1.82, 2.24) is 5.32 Å². The fraction of sp³-hybridized carbons (Fsp3) is 0.333. The Labute approximate surface area is 76.8 Å². The minimum Gasteiger partial charge on any atom is -0.357 e. The maximum absolute atomic E-state index is 12.0. The van der Waals surface area contributed by atoms with Gasteiger partial charge >= 0.3 is 6.18 Å². The van der Waals surface area contributed by atoms with E-state index >= 15 is 0 Å². The fourth-order valence-electron chi connectivity index (χ4n) is 0.734. The van der Waals surface area contributed by atoms with Gasteiger partial charge < -0.3 is 5.32 Å². The molecule has 1 aliphatic rings. The molecule has 1 unspecified atom stereocenters. The number of hydrogen-bond donors (Lipinski definition) is 1. The standard InChI is InChI=1S/C6H4Cl2F3N/c7-4-1-3(6(9,10)11)2-5(8)12-4/h1-2,4,12H. The first kappa shape index (κ1) is 9.74. The predicted molar refractivity (Wildman–Crippen MR) is 40.9 cm³/mol. The Morgan fingerprint density at radius 1 is 1.42 bits per heavy atom. The largest absolute Gasteiger partial charge is 0.416 e. The number of halogens is 5. The number of hydrogen-bond acceptors (Lipinski definition) is 1. The molecule has 0 saturated carbocycles. The lowest BCUT2D eigenvalue weighted by Gasteiger charge is -2.17. The van der Waals surface area contributed by atoms with Gasteiger partial charge in [-0.25, -0.2) is 0 Å². The molecule has 0 radical (unpaired) electrons. The fourth-order valence-corrected chi connectivity index (χ4v) is 1.28. The van der Waals surface area contributed by atoms with Crippen LogP contribution in [-0.2, 0) is 0 Å². The highest BCUT2D eigenvalue weighted by Crippen LogP contribution is 2.30. The van der Waals surface area contributed by atoms with E-state index < -0.39 is 17.3 Å². The molecular weight excluding hydrogens is 214 g/mol. The molecule has 0 bridgehead atoms. The first-order valence-corrected chi connectivity index (χ1v) is 3.78. The molecule has 1 heterocycles. The first-order valence-electron chi connectivity index (χ1n) is 2.96. The van der Waals surface area contributed by atoms with Gasteiger partial charge in [-0.15, -0.1) is 0 Å². The summed E-state index contributed by atoms with van der Waals surface area (Å²) in [4.78, 5) is 0. The van der Waals surface area contributed by atoms with Gasteiger partial charge in [0.1, 0.15) is 10.7 Å². The van der Waals surface area contributed by atoms with E-state index in [1.165, 1.54) is 0 Å². The van der Waals surface area contributed by atoms with E-state index in [-0.39, 0.29) is 5.16 Å². The van der Waals surface area contributed by atoms with Crippen molar-refractivity contribution in [1.29, 1.82) is 0 Å². The molecule has 0 fully saturated rings. The third-order valence-electron chi connectivity index (χ3n) is 1.21. The number of nitrogens with one attached hydrogen (secondary N) is 1. The molecule has 1 N–H and O–H groups in total. The molecule has 68 valence electrons. The van der Waals surface area contributed by atoms with Crippen LogP contribution in [0, 0.1) is 0 Å². The van der Waals surface area contributed by atoms with E-state index in [1.807, 2.05) is 0 Å². The van der Waals surface area contributed by atoms with E-state index in [2.05, 4.69) is 5.32 Å². The molecule has 0 amide bonds. The molecule has 0 spiro atoms. The van der Waals surface area contributed by atoms with Gasteiger partial charge in [0, 0.05) is 0 Å². The molecule has 0 aromatic rings. The third kappa shape index (κ3) is 2.32. The minimum absolute atomic E-state index is 0.107. The van der Waals surface area contributed by atoms with Crippen molar-refractivity contribution in [3.05, 3.63) is 22.9 Å². The zero-order chi connectivity index (χ0) is 9.35. The summed E-state index contributed by atoms with van der Waals surface area (Å²) >= 11 is 10.7. The van der Waals surface area contributed by atoms with Crippen molar-refractivity contribution >= 4 is 23.2 Å². The van der Waals surface area contributed by atoms with Gasteiger partial charge in [0.2, 0.25) is 0 Å². The molecule has 0 aromatic heterocycles. The lowest BCUT2D eigenvalue weighted by Crippen LogP contribution is -2.26. The van der Waals surface area contributed by atoms with E-state index in [9.17, 15) is 13.2 Å². The Kier molecular flexibility index (Phi) is 2.58. The highest BCUT2D eigenvalue weighted by molar-refractivity contribution is 6.30. The number of rotatable bonds is 0.